The molecule has 0 N–H and O–H groups in total. The van der Waals surface area contributed by atoms with E-state index in [1.54, 1.807) is 11.3 Å². The van der Waals surface area contributed by atoms with Crippen LogP contribution in [0, 0.1) is 12.8 Å². The number of rotatable bonds is 4. The van der Waals surface area contributed by atoms with Crippen molar-refractivity contribution in [2.45, 2.75) is 52.0 Å². The van der Waals surface area contributed by atoms with Gasteiger partial charge in [-0.15, -0.1) is 11.3 Å². The van der Waals surface area contributed by atoms with Gasteiger partial charge in [-0.05, 0) is 25.7 Å². The van der Waals surface area contributed by atoms with E-state index in [4.69, 9.17) is 0 Å². The maximum Gasteiger partial charge on any atom is 0.222 e. The Morgan fingerprint density at radius 1 is 1.44 bits per heavy atom. The van der Waals surface area contributed by atoms with E-state index in [0.717, 1.165) is 11.4 Å². The van der Waals surface area contributed by atoms with Crippen molar-refractivity contribution >= 4 is 17.2 Å². The number of carbonyl (C=O) groups excluding carboxylic acids is 1. The Labute approximate surface area is 113 Å². The van der Waals surface area contributed by atoms with E-state index < -0.39 is 0 Å². The van der Waals surface area contributed by atoms with Crippen molar-refractivity contribution in [2.75, 3.05) is 7.05 Å². The lowest BCUT2D eigenvalue weighted by Gasteiger charge is -2.24. The highest BCUT2D eigenvalue weighted by molar-refractivity contribution is 7.11. The van der Waals surface area contributed by atoms with E-state index >= 15 is 0 Å². The lowest BCUT2D eigenvalue weighted by atomic mass is 9.87. The first-order chi connectivity index (χ1) is 8.65. The number of hydrogen-bond acceptors (Lipinski definition) is 3. The van der Waals surface area contributed by atoms with Gasteiger partial charge < -0.3 is 4.90 Å². The summed E-state index contributed by atoms with van der Waals surface area (Å²) in [6.45, 7) is 2.70. The van der Waals surface area contributed by atoms with Crippen molar-refractivity contribution in [3.8, 4) is 0 Å². The summed E-state index contributed by atoms with van der Waals surface area (Å²) in [4.78, 5) is 19.4. The summed E-state index contributed by atoms with van der Waals surface area (Å²) in [6.07, 6.45) is 9.03. The molecular formula is C14H22N2OS. The third-order valence-corrected chi connectivity index (χ3v) is 4.57. The molecule has 1 fully saturated rings. The Hall–Kier alpha value is -0.900. The number of hydrogen-bond donors (Lipinski definition) is 0. The lowest BCUT2D eigenvalue weighted by molar-refractivity contribution is -0.131. The molecule has 1 heterocycles. The van der Waals surface area contributed by atoms with Crippen LogP contribution >= 0.6 is 11.3 Å². The summed E-state index contributed by atoms with van der Waals surface area (Å²) in [5, 5.41) is 1.07. The molecule has 0 saturated heterocycles. The van der Waals surface area contributed by atoms with Gasteiger partial charge in [-0.25, -0.2) is 4.98 Å². The molecule has 1 aliphatic rings. The maximum atomic E-state index is 12.1. The molecule has 0 bridgehead atoms. The predicted octanol–water partition coefficient (Wildman–Crippen LogP) is 3.38. The average molecular weight is 266 g/mol. The zero-order valence-electron chi connectivity index (χ0n) is 11.3. The average Bonchev–Trinajstić information content (AvgIpc) is 2.76. The minimum absolute atomic E-state index is 0.285. The molecule has 0 atom stereocenters. The fourth-order valence-corrected chi connectivity index (χ4v) is 3.44. The van der Waals surface area contributed by atoms with Gasteiger partial charge in [0.25, 0.3) is 0 Å². The van der Waals surface area contributed by atoms with Crippen molar-refractivity contribution < 1.29 is 4.79 Å². The molecule has 0 aliphatic heterocycles. The smallest absolute Gasteiger partial charge is 0.222 e. The Bertz CT molecular complexity index is 396. The van der Waals surface area contributed by atoms with Gasteiger partial charge in [0, 0.05) is 24.5 Å². The molecular weight excluding hydrogens is 244 g/mol. The molecule has 0 unspecified atom stereocenters. The summed E-state index contributed by atoms with van der Waals surface area (Å²) < 4.78 is 0. The third-order valence-electron chi connectivity index (χ3n) is 3.68. The van der Waals surface area contributed by atoms with E-state index in [0.29, 0.717) is 12.5 Å². The van der Waals surface area contributed by atoms with Gasteiger partial charge in [0.05, 0.1) is 11.6 Å². The summed E-state index contributed by atoms with van der Waals surface area (Å²) in [6, 6.07) is 0. The molecule has 1 aromatic heterocycles. The van der Waals surface area contributed by atoms with E-state index in [1.165, 1.54) is 37.0 Å². The molecule has 1 aliphatic carbocycles. The van der Waals surface area contributed by atoms with Gasteiger partial charge in [0.15, 0.2) is 0 Å². The fourth-order valence-electron chi connectivity index (χ4n) is 2.59. The topological polar surface area (TPSA) is 33.2 Å². The van der Waals surface area contributed by atoms with Gasteiger partial charge in [-0.1, -0.05) is 19.3 Å². The Morgan fingerprint density at radius 2 is 2.17 bits per heavy atom. The number of carbonyl (C=O) groups is 1. The molecule has 3 nitrogen and oxygen atoms in total. The van der Waals surface area contributed by atoms with E-state index in [1.807, 2.05) is 25.1 Å². The monoisotopic (exact) mass is 266 g/mol. The number of nitrogens with zero attached hydrogens (tertiary/aromatic N) is 2. The van der Waals surface area contributed by atoms with Crippen molar-refractivity contribution in [3.05, 3.63) is 16.1 Å². The molecule has 1 saturated carbocycles. The van der Waals surface area contributed by atoms with Crippen molar-refractivity contribution in [1.82, 2.24) is 9.88 Å². The Kier molecular flexibility index (Phi) is 4.75. The standard InChI is InChI=1S/C14H22N2OS/c1-11-15-9-13(18-11)10-16(2)14(17)8-12-6-4-3-5-7-12/h9,12H,3-8,10H2,1-2H3. The van der Waals surface area contributed by atoms with Crippen LogP contribution in [-0.2, 0) is 11.3 Å². The number of amides is 1. The van der Waals surface area contributed by atoms with Crippen molar-refractivity contribution in [1.29, 1.82) is 0 Å². The Balaban J connectivity index is 1.80. The summed E-state index contributed by atoms with van der Waals surface area (Å²) in [7, 11) is 1.90. The van der Waals surface area contributed by atoms with Crippen LogP contribution in [0.5, 0.6) is 0 Å². The van der Waals surface area contributed by atoms with Gasteiger partial charge in [-0.3, -0.25) is 4.79 Å². The van der Waals surface area contributed by atoms with Crippen molar-refractivity contribution in [3.63, 3.8) is 0 Å². The quantitative estimate of drug-likeness (QED) is 0.837. The van der Waals surface area contributed by atoms with E-state index in [9.17, 15) is 4.79 Å². The first-order valence-electron chi connectivity index (χ1n) is 6.80. The van der Waals surface area contributed by atoms with Crippen LogP contribution in [-0.4, -0.2) is 22.8 Å². The molecule has 0 spiro atoms. The predicted molar refractivity (Wildman–Crippen MR) is 74.5 cm³/mol. The number of thiazole rings is 1. The van der Waals surface area contributed by atoms with Crippen LogP contribution in [0.4, 0.5) is 0 Å². The molecule has 2 rings (SSSR count). The molecule has 1 aromatic rings. The zero-order chi connectivity index (χ0) is 13.0. The fraction of sp³-hybridized carbons (Fsp3) is 0.714. The van der Waals surface area contributed by atoms with E-state index in [2.05, 4.69) is 4.98 Å². The second kappa shape index (κ2) is 6.32. The van der Waals surface area contributed by atoms with Gasteiger partial charge in [-0.2, -0.15) is 0 Å². The normalized spacial score (nSPS) is 16.8. The van der Waals surface area contributed by atoms with Crippen LogP contribution in [0.1, 0.15) is 48.4 Å². The summed E-state index contributed by atoms with van der Waals surface area (Å²) in [5.41, 5.74) is 0. The second-order valence-corrected chi connectivity index (χ2v) is 6.62. The zero-order valence-corrected chi connectivity index (χ0v) is 12.1. The molecule has 100 valence electrons. The number of aromatic nitrogens is 1. The number of aryl methyl sites for hydroxylation is 1. The van der Waals surface area contributed by atoms with Crippen LogP contribution in [0.2, 0.25) is 0 Å². The highest BCUT2D eigenvalue weighted by Crippen LogP contribution is 2.27. The van der Waals surface area contributed by atoms with Crippen LogP contribution in [0.15, 0.2) is 6.20 Å². The second-order valence-electron chi connectivity index (χ2n) is 5.30. The minimum Gasteiger partial charge on any atom is -0.341 e. The van der Waals surface area contributed by atoms with Crippen LogP contribution in [0.3, 0.4) is 0 Å². The van der Waals surface area contributed by atoms with Crippen molar-refractivity contribution in [2.24, 2.45) is 5.92 Å². The van der Waals surface area contributed by atoms with Crippen LogP contribution < -0.4 is 0 Å². The summed E-state index contributed by atoms with van der Waals surface area (Å²) in [5.74, 6) is 0.907. The molecule has 0 radical (unpaired) electrons. The highest BCUT2D eigenvalue weighted by Gasteiger charge is 2.19. The minimum atomic E-state index is 0.285. The molecule has 4 heteroatoms. The SMILES string of the molecule is Cc1ncc(CN(C)C(=O)CC2CCCCC2)s1. The van der Waals surface area contributed by atoms with Crippen LogP contribution in [0.25, 0.3) is 0 Å². The van der Waals surface area contributed by atoms with Gasteiger partial charge >= 0.3 is 0 Å². The Morgan fingerprint density at radius 3 is 2.78 bits per heavy atom. The highest BCUT2D eigenvalue weighted by atomic mass is 32.1. The maximum absolute atomic E-state index is 12.1. The largest absolute Gasteiger partial charge is 0.341 e. The van der Waals surface area contributed by atoms with Gasteiger partial charge in [0.1, 0.15) is 0 Å². The molecule has 0 aromatic carbocycles. The summed E-state index contributed by atoms with van der Waals surface area (Å²) >= 11 is 1.67. The van der Waals surface area contributed by atoms with Gasteiger partial charge in [0.2, 0.25) is 5.91 Å². The third kappa shape index (κ3) is 3.80. The molecule has 1 amide bonds. The van der Waals surface area contributed by atoms with E-state index in [-0.39, 0.29) is 5.91 Å². The first-order valence-corrected chi connectivity index (χ1v) is 7.62. The lowest BCUT2D eigenvalue weighted by Crippen LogP contribution is -2.28. The molecule has 18 heavy (non-hydrogen) atoms. The first kappa shape index (κ1) is 13.5.